The van der Waals surface area contributed by atoms with Crippen molar-refractivity contribution in [2.45, 2.75) is 0 Å². The third-order valence-electron chi connectivity index (χ3n) is 2.51. The Labute approximate surface area is 138 Å². The van der Waals surface area contributed by atoms with Crippen LogP contribution in [0.15, 0.2) is 63.8 Å². The van der Waals surface area contributed by atoms with Gasteiger partial charge in [0.15, 0.2) is 0 Å². The van der Waals surface area contributed by atoms with Crippen molar-refractivity contribution in [3.05, 3.63) is 69.7 Å². The van der Waals surface area contributed by atoms with Crippen LogP contribution in [0.2, 0.25) is 10.0 Å². The summed E-state index contributed by atoms with van der Waals surface area (Å²) in [5, 5.41) is 12.9. The van der Waals surface area contributed by atoms with E-state index in [9.17, 15) is 0 Å². The summed E-state index contributed by atoms with van der Waals surface area (Å²) >= 11 is 11.6. The molecule has 5 nitrogen and oxygen atoms in total. The Morgan fingerprint density at radius 1 is 0.864 bits per heavy atom. The minimum atomic E-state index is 0.0791. The zero-order valence-electron chi connectivity index (χ0n) is 11.4. The van der Waals surface area contributed by atoms with Crippen molar-refractivity contribution in [1.82, 2.24) is 5.43 Å². The maximum Gasteiger partial charge on any atom is 0.234 e. The molecule has 0 aliphatic rings. The summed E-state index contributed by atoms with van der Waals surface area (Å²) in [5.41, 5.74) is 9.94. The number of hydrogen-bond acceptors (Lipinski definition) is 3. The van der Waals surface area contributed by atoms with Crippen LogP contribution in [0.5, 0.6) is 0 Å². The summed E-state index contributed by atoms with van der Waals surface area (Å²) in [6.07, 6.45) is 3.16. The van der Waals surface area contributed by atoms with Crippen LogP contribution < -0.4 is 11.2 Å². The maximum absolute atomic E-state index is 5.79. The van der Waals surface area contributed by atoms with Crippen LogP contribution in [0.1, 0.15) is 11.1 Å². The number of hydrogen-bond donors (Lipinski definition) is 2. The molecule has 22 heavy (non-hydrogen) atoms. The van der Waals surface area contributed by atoms with Crippen molar-refractivity contribution in [3.8, 4) is 0 Å². The number of nitrogens with zero attached hydrogens (tertiary/aromatic N) is 3. The number of guanidine groups is 1. The van der Waals surface area contributed by atoms with Crippen molar-refractivity contribution >= 4 is 41.6 Å². The molecule has 2 aromatic rings. The van der Waals surface area contributed by atoms with Gasteiger partial charge < -0.3 is 5.73 Å². The Bertz CT molecular complexity index is 691. The zero-order chi connectivity index (χ0) is 15.8. The highest BCUT2D eigenvalue weighted by atomic mass is 35.5. The smallest absolute Gasteiger partial charge is 0.234 e. The van der Waals surface area contributed by atoms with E-state index in [2.05, 4.69) is 20.7 Å². The van der Waals surface area contributed by atoms with Gasteiger partial charge in [-0.1, -0.05) is 47.5 Å². The van der Waals surface area contributed by atoms with Gasteiger partial charge in [0.05, 0.1) is 12.4 Å². The van der Waals surface area contributed by atoms with Crippen LogP contribution in [0, 0.1) is 0 Å². The highest BCUT2D eigenvalue weighted by Gasteiger charge is 1.90. The molecule has 3 N–H and O–H groups in total. The average molecular weight is 334 g/mol. The quantitative estimate of drug-likeness (QED) is 0.512. The van der Waals surface area contributed by atoms with Crippen molar-refractivity contribution in [2.75, 3.05) is 0 Å². The molecule has 2 rings (SSSR count). The monoisotopic (exact) mass is 333 g/mol. The predicted molar refractivity (Wildman–Crippen MR) is 92.9 cm³/mol. The molecular weight excluding hydrogens is 321 g/mol. The van der Waals surface area contributed by atoms with Gasteiger partial charge in [0, 0.05) is 10.0 Å². The molecule has 0 atom stereocenters. The summed E-state index contributed by atoms with van der Waals surface area (Å²) in [7, 11) is 0. The molecule has 2 aromatic carbocycles. The fourth-order valence-corrected chi connectivity index (χ4v) is 1.70. The highest BCUT2D eigenvalue weighted by Crippen LogP contribution is 2.08. The van der Waals surface area contributed by atoms with Gasteiger partial charge in [0.2, 0.25) is 5.96 Å². The minimum absolute atomic E-state index is 0.0791. The lowest BCUT2D eigenvalue weighted by atomic mass is 10.2. The third-order valence-corrected chi connectivity index (χ3v) is 3.01. The van der Waals surface area contributed by atoms with E-state index in [1.165, 1.54) is 0 Å². The van der Waals surface area contributed by atoms with Crippen LogP contribution in [0.25, 0.3) is 0 Å². The van der Waals surface area contributed by atoms with E-state index in [-0.39, 0.29) is 5.96 Å². The molecule has 0 aromatic heterocycles. The summed E-state index contributed by atoms with van der Waals surface area (Å²) < 4.78 is 0. The van der Waals surface area contributed by atoms with Crippen LogP contribution in [0.4, 0.5) is 0 Å². The van der Waals surface area contributed by atoms with Crippen LogP contribution >= 0.6 is 23.2 Å². The Morgan fingerprint density at radius 2 is 1.36 bits per heavy atom. The van der Waals surface area contributed by atoms with Gasteiger partial charge in [0.1, 0.15) is 0 Å². The Morgan fingerprint density at radius 3 is 1.91 bits per heavy atom. The van der Waals surface area contributed by atoms with Crippen LogP contribution in [0.3, 0.4) is 0 Å². The number of halogens is 2. The van der Waals surface area contributed by atoms with E-state index in [4.69, 9.17) is 28.9 Å². The molecule has 0 fully saturated rings. The second-order valence-corrected chi connectivity index (χ2v) is 5.08. The minimum Gasteiger partial charge on any atom is -0.367 e. The topological polar surface area (TPSA) is 75.1 Å². The van der Waals surface area contributed by atoms with E-state index < -0.39 is 0 Å². The van der Waals surface area contributed by atoms with Gasteiger partial charge in [-0.15, -0.1) is 5.10 Å². The second-order valence-electron chi connectivity index (χ2n) is 4.20. The maximum atomic E-state index is 5.79. The molecule has 0 aliphatic heterocycles. The van der Waals surface area contributed by atoms with Gasteiger partial charge in [-0.3, -0.25) is 0 Å². The number of nitrogens with two attached hydrogens (primary N) is 1. The normalized spacial score (nSPS) is 12.2. The fraction of sp³-hybridized carbons (Fsp3) is 0. The second kappa shape index (κ2) is 8.17. The first-order valence-corrected chi connectivity index (χ1v) is 7.06. The van der Waals surface area contributed by atoms with E-state index in [1.807, 2.05) is 24.3 Å². The molecule has 0 bridgehead atoms. The van der Waals surface area contributed by atoms with Crippen molar-refractivity contribution in [1.29, 1.82) is 0 Å². The Hall–Kier alpha value is -2.37. The molecule has 0 saturated heterocycles. The number of rotatable bonds is 4. The molecule has 0 heterocycles. The lowest BCUT2D eigenvalue weighted by Crippen LogP contribution is -2.26. The molecule has 0 unspecified atom stereocenters. The molecule has 0 saturated carbocycles. The lowest BCUT2D eigenvalue weighted by Gasteiger charge is -1.96. The fourth-order valence-electron chi connectivity index (χ4n) is 1.45. The first-order valence-electron chi connectivity index (χ1n) is 6.30. The molecule has 0 aliphatic carbocycles. The van der Waals surface area contributed by atoms with Gasteiger partial charge in [-0.05, 0) is 35.4 Å². The summed E-state index contributed by atoms with van der Waals surface area (Å²) in [6.45, 7) is 0. The third kappa shape index (κ3) is 5.55. The number of hydrazone groups is 1. The largest absolute Gasteiger partial charge is 0.367 e. The Kier molecular flexibility index (Phi) is 5.94. The summed E-state index contributed by atoms with van der Waals surface area (Å²) in [6, 6.07) is 14.4. The van der Waals surface area contributed by atoms with Gasteiger partial charge >= 0.3 is 0 Å². The van der Waals surface area contributed by atoms with Crippen LogP contribution in [-0.4, -0.2) is 18.4 Å². The molecular formula is C15H13Cl2N5. The van der Waals surface area contributed by atoms with Gasteiger partial charge in [0.25, 0.3) is 0 Å². The highest BCUT2D eigenvalue weighted by molar-refractivity contribution is 6.30. The van der Waals surface area contributed by atoms with E-state index in [0.29, 0.717) is 10.0 Å². The zero-order valence-corrected chi connectivity index (χ0v) is 13.0. The van der Waals surface area contributed by atoms with E-state index >= 15 is 0 Å². The van der Waals surface area contributed by atoms with E-state index in [1.54, 1.807) is 36.7 Å². The summed E-state index contributed by atoms with van der Waals surface area (Å²) in [4.78, 5) is 0. The molecule has 0 spiro atoms. The number of benzene rings is 2. The first kappa shape index (κ1) is 16.0. The van der Waals surface area contributed by atoms with Gasteiger partial charge in [-0.25, -0.2) is 5.43 Å². The average Bonchev–Trinajstić information content (AvgIpc) is 2.51. The standard InChI is InChI=1S/C15H13Cl2N5/c16-13-5-1-11(2-6-13)9-19-21-15(18)22-20-10-12-3-7-14(17)8-4-12/h1-10H,(H3,18,21,22)/b19-9-,20-10+. The Balaban J connectivity index is 1.87. The van der Waals surface area contributed by atoms with E-state index in [0.717, 1.165) is 11.1 Å². The van der Waals surface area contributed by atoms with Crippen LogP contribution in [-0.2, 0) is 0 Å². The molecule has 112 valence electrons. The summed E-state index contributed by atoms with van der Waals surface area (Å²) in [5.74, 6) is 0.0791. The first-order chi connectivity index (χ1) is 10.6. The molecule has 7 heteroatoms. The van der Waals surface area contributed by atoms with Crippen molar-refractivity contribution in [2.24, 2.45) is 21.0 Å². The van der Waals surface area contributed by atoms with Crippen molar-refractivity contribution < 1.29 is 0 Å². The predicted octanol–water partition coefficient (Wildman–Crippen LogP) is 3.27. The SMILES string of the molecule is N/C(=N\N=C\c1ccc(Cl)cc1)N/N=C\c1ccc(Cl)cc1. The lowest BCUT2D eigenvalue weighted by molar-refractivity contribution is 0.994. The van der Waals surface area contributed by atoms with Gasteiger partial charge in [-0.2, -0.15) is 10.2 Å². The molecule has 0 radical (unpaired) electrons. The van der Waals surface area contributed by atoms with Crippen molar-refractivity contribution in [3.63, 3.8) is 0 Å². The molecule has 0 amide bonds. The number of nitrogens with one attached hydrogen (secondary N) is 1.